The molecule has 18 heavy (non-hydrogen) atoms. The normalized spacial score (nSPS) is 11.3. The Hall–Kier alpha value is -2.23. The monoisotopic (exact) mass is 238 g/mol. The third kappa shape index (κ3) is 1.76. The first kappa shape index (κ1) is 10.9. The topological polar surface area (TPSA) is 43.6 Å². The van der Waals surface area contributed by atoms with Gasteiger partial charge in [0, 0.05) is 17.3 Å². The Bertz CT molecular complexity index is 668. The molecule has 4 nitrogen and oxygen atoms in total. The van der Waals surface area contributed by atoms with Crippen LogP contribution in [-0.4, -0.2) is 19.7 Å². The van der Waals surface area contributed by atoms with E-state index in [-0.39, 0.29) is 0 Å². The van der Waals surface area contributed by atoms with Crippen LogP contribution in [0.25, 0.3) is 16.7 Å². The van der Waals surface area contributed by atoms with Crippen LogP contribution in [0.5, 0.6) is 0 Å². The Kier molecular flexibility index (Phi) is 2.55. The van der Waals surface area contributed by atoms with Gasteiger partial charge in [0.25, 0.3) is 0 Å². The number of fused-ring (bicyclic) bond motifs is 1. The number of nitrogens with zero attached hydrogens (tertiary/aromatic N) is 4. The van der Waals surface area contributed by atoms with Gasteiger partial charge in [-0.2, -0.15) is 5.10 Å². The first-order valence-electron chi connectivity index (χ1n) is 6.01. The highest BCUT2D eigenvalue weighted by Gasteiger charge is 2.06. The van der Waals surface area contributed by atoms with Crippen molar-refractivity contribution in [1.82, 2.24) is 19.7 Å². The zero-order valence-electron chi connectivity index (χ0n) is 10.4. The number of rotatable bonds is 2. The summed E-state index contributed by atoms with van der Waals surface area (Å²) in [7, 11) is 0. The molecule has 0 aromatic carbocycles. The molecule has 0 fully saturated rings. The summed E-state index contributed by atoms with van der Waals surface area (Å²) >= 11 is 0. The maximum absolute atomic E-state index is 4.45. The van der Waals surface area contributed by atoms with Crippen molar-refractivity contribution in [3.05, 3.63) is 48.5 Å². The molecule has 0 atom stereocenters. The fourth-order valence-electron chi connectivity index (χ4n) is 1.92. The van der Waals surface area contributed by atoms with Gasteiger partial charge in [0.05, 0.1) is 18.1 Å². The van der Waals surface area contributed by atoms with Gasteiger partial charge in [-0.3, -0.25) is 4.98 Å². The smallest absolute Gasteiger partial charge is 0.162 e. The zero-order chi connectivity index (χ0) is 12.5. The Morgan fingerprint density at radius 3 is 2.67 bits per heavy atom. The molecule has 0 N–H and O–H groups in total. The summed E-state index contributed by atoms with van der Waals surface area (Å²) in [4.78, 5) is 8.80. The lowest BCUT2D eigenvalue weighted by Crippen LogP contribution is -2.00. The summed E-state index contributed by atoms with van der Waals surface area (Å²) < 4.78 is 1.81. The highest BCUT2D eigenvalue weighted by atomic mass is 15.3. The molecule has 3 heterocycles. The molecule has 0 saturated carbocycles. The van der Waals surface area contributed by atoms with E-state index in [2.05, 4.69) is 28.9 Å². The zero-order valence-corrected chi connectivity index (χ0v) is 10.4. The molecule has 3 rings (SSSR count). The molecule has 0 bridgehead atoms. The number of aromatic nitrogens is 4. The lowest BCUT2D eigenvalue weighted by molar-refractivity contribution is 0.813. The Balaban J connectivity index is 2.09. The molecule has 0 radical (unpaired) electrons. The Labute approximate surface area is 105 Å². The molecule has 0 saturated heterocycles. The molecule has 0 amide bonds. The minimum Gasteiger partial charge on any atom is -0.259 e. The van der Waals surface area contributed by atoms with Crippen molar-refractivity contribution in [3.8, 4) is 5.69 Å². The molecule has 0 aliphatic rings. The van der Waals surface area contributed by atoms with Gasteiger partial charge in [0.15, 0.2) is 5.65 Å². The van der Waals surface area contributed by atoms with Crippen LogP contribution < -0.4 is 0 Å². The summed E-state index contributed by atoms with van der Waals surface area (Å²) in [6.45, 7) is 4.26. The predicted octanol–water partition coefficient (Wildman–Crippen LogP) is 2.94. The molecular formula is C14H14N4. The van der Waals surface area contributed by atoms with Crippen molar-refractivity contribution in [2.24, 2.45) is 0 Å². The van der Waals surface area contributed by atoms with E-state index in [1.807, 2.05) is 41.3 Å². The van der Waals surface area contributed by atoms with Crippen LogP contribution in [0.1, 0.15) is 25.5 Å². The van der Waals surface area contributed by atoms with Crippen molar-refractivity contribution in [2.45, 2.75) is 19.8 Å². The molecule has 4 heteroatoms. The van der Waals surface area contributed by atoms with Crippen LogP contribution in [0, 0.1) is 0 Å². The van der Waals surface area contributed by atoms with E-state index in [1.54, 1.807) is 6.20 Å². The molecule has 3 aromatic rings. The second kappa shape index (κ2) is 4.22. The highest BCUT2D eigenvalue weighted by Crippen LogP contribution is 2.17. The SMILES string of the molecule is CC(C)c1ccc(-n2ncc3cccnc32)cn1. The summed E-state index contributed by atoms with van der Waals surface area (Å²) in [5, 5.41) is 5.39. The second-order valence-corrected chi connectivity index (χ2v) is 4.57. The Morgan fingerprint density at radius 1 is 1.06 bits per heavy atom. The molecular weight excluding hydrogens is 224 g/mol. The minimum atomic E-state index is 0.437. The summed E-state index contributed by atoms with van der Waals surface area (Å²) in [5.74, 6) is 0.437. The predicted molar refractivity (Wildman–Crippen MR) is 70.7 cm³/mol. The van der Waals surface area contributed by atoms with Gasteiger partial charge in [-0.1, -0.05) is 13.8 Å². The third-order valence-electron chi connectivity index (χ3n) is 2.94. The van der Waals surface area contributed by atoms with Gasteiger partial charge in [-0.15, -0.1) is 0 Å². The van der Waals surface area contributed by atoms with Gasteiger partial charge in [0.2, 0.25) is 0 Å². The molecule has 0 unspecified atom stereocenters. The van der Waals surface area contributed by atoms with Crippen molar-refractivity contribution >= 4 is 11.0 Å². The van der Waals surface area contributed by atoms with Crippen LogP contribution in [0.3, 0.4) is 0 Å². The molecule has 0 aliphatic carbocycles. The van der Waals surface area contributed by atoms with E-state index < -0.39 is 0 Å². The lowest BCUT2D eigenvalue weighted by Gasteiger charge is -2.06. The van der Waals surface area contributed by atoms with Crippen molar-refractivity contribution in [1.29, 1.82) is 0 Å². The lowest BCUT2D eigenvalue weighted by atomic mass is 10.1. The molecule has 0 spiro atoms. The third-order valence-corrected chi connectivity index (χ3v) is 2.94. The fourth-order valence-corrected chi connectivity index (χ4v) is 1.92. The molecule has 90 valence electrons. The maximum Gasteiger partial charge on any atom is 0.162 e. The van der Waals surface area contributed by atoms with E-state index in [0.717, 1.165) is 22.4 Å². The Morgan fingerprint density at radius 2 is 1.94 bits per heavy atom. The second-order valence-electron chi connectivity index (χ2n) is 4.57. The first-order valence-corrected chi connectivity index (χ1v) is 6.01. The first-order chi connectivity index (χ1) is 8.75. The van der Waals surface area contributed by atoms with Crippen LogP contribution in [0.15, 0.2) is 42.9 Å². The number of hydrogen-bond donors (Lipinski definition) is 0. The maximum atomic E-state index is 4.45. The van der Waals surface area contributed by atoms with Crippen molar-refractivity contribution in [2.75, 3.05) is 0 Å². The van der Waals surface area contributed by atoms with Crippen molar-refractivity contribution < 1.29 is 0 Å². The number of hydrogen-bond acceptors (Lipinski definition) is 3. The van der Waals surface area contributed by atoms with Crippen LogP contribution in [0.2, 0.25) is 0 Å². The van der Waals surface area contributed by atoms with Gasteiger partial charge in [0.1, 0.15) is 0 Å². The van der Waals surface area contributed by atoms with E-state index in [0.29, 0.717) is 5.92 Å². The largest absolute Gasteiger partial charge is 0.259 e. The van der Waals surface area contributed by atoms with Gasteiger partial charge in [-0.05, 0) is 30.2 Å². The van der Waals surface area contributed by atoms with Gasteiger partial charge >= 0.3 is 0 Å². The summed E-state index contributed by atoms with van der Waals surface area (Å²) in [6.07, 6.45) is 5.44. The van der Waals surface area contributed by atoms with Gasteiger partial charge < -0.3 is 0 Å². The fraction of sp³-hybridized carbons (Fsp3) is 0.214. The van der Waals surface area contributed by atoms with Crippen molar-refractivity contribution in [3.63, 3.8) is 0 Å². The average Bonchev–Trinajstić information content (AvgIpc) is 2.82. The van der Waals surface area contributed by atoms with E-state index >= 15 is 0 Å². The highest BCUT2D eigenvalue weighted by molar-refractivity contribution is 5.75. The van der Waals surface area contributed by atoms with E-state index in [1.165, 1.54) is 0 Å². The van der Waals surface area contributed by atoms with E-state index in [9.17, 15) is 0 Å². The summed E-state index contributed by atoms with van der Waals surface area (Å²) in [5.41, 5.74) is 2.88. The average molecular weight is 238 g/mol. The quantitative estimate of drug-likeness (QED) is 0.689. The summed E-state index contributed by atoms with van der Waals surface area (Å²) in [6, 6.07) is 7.98. The minimum absolute atomic E-state index is 0.437. The molecule has 0 aliphatic heterocycles. The standard InChI is InChI=1S/C14H14N4/c1-10(2)13-6-5-12(9-16-13)18-14-11(8-17-18)4-3-7-15-14/h3-10H,1-2H3. The van der Waals surface area contributed by atoms with Crippen LogP contribution in [-0.2, 0) is 0 Å². The van der Waals surface area contributed by atoms with E-state index in [4.69, 9.17) is 0 Å². The van der Waals surface area contributed by atoms with Crippen LogP contribution >= 0.6 is 0 Å². The van der Waals surface area contributed by atoms with Gasteiger partial charge in [-0.25, -0.2) is 9.67 Å². The van der Waals surface area contributed by atoms with Crippen LogP contribution in [0.4, 0.5) is 0 Å². The molecule has 3 aromatic heterocycles. The number of pyridine rings is 2.